The second-order valence-electron chi connectivity index (χ2n) is 5.46. The molecule has 0 aliphatic rings. The number of para-hydroxylation sites is 2. The van der Waals surface area contributed by atoms with E-state index in [1.807, 2.05) is 61.5 Å². The van der Waals surface area contributed by atoms with Gasteiger partial charge in [0.05, 0.1) is 25.7 Å². The molecule has 0 fully saturated rings. The Morgan fingerprint density at radius 1 is 1.09 bits per heavy atom. The van der Waals surface area contributed by atoms with Gasteiger partial charge in [0.2, 0.25) is 0 Å². The van der Waals surface area contributed by atoms with Crippen molar-refractivity contribution in [1.82, 2.24) is 0 Å². The number of benzene rings is 2. The summed E-state index contributed by atoms with van der Waals surface area (Å²) in [5, 5.41) is 9.46. The first-order valence-corrected chi connectivity index (χ1v) is 7.58. The Hall–Kier alpha value is -2.67. The maximum atomic E-state index is 9.46. The molecule has 1 unspecified atom stereocenters. The van der Waals surface area contributed by atoms with Crippen molar-refractivity contribution in [2.45, 2.75) is 12.3 Å². The van der Waals surface area contributed by atoms with Crippen molar-refractivity contribution in [3.63, 3.8) is 0 Å². The molecule has 1 atom stereocenters. The molecule has 0 saturated heterocycles. The van der Waals surface area contributed by atoms with Crippen LogP contribution in [0.1, 0.15) is 17.9 Å². The van der Waals surface area contributed by atoms with E-state index in [4.69, 9.17) is 9.47 Å². The first-order chi connectivity index (χ1) is 11.2. The van der Waals surface area contributed by atoms with Gasteiger partial charge in [-0.3, -0.25) is 0 Å². The first-order valence-electron chi connectivity index (χ1n) is 7.58. The summed E-state index contributed by atoms with van der Waals surface area (Å²) in [7, 11) is 5.60. The van der Waals surface area contributed by atoms with E-state index in [0.717, 1.165) is 11.3 Å². The molecule has 0 radical (unpaired) electrons. The molecule has 2 aromatic rings. The van der Waals surface area contributed by atoms with Crippen molar-refractivity contribution in [3.8, 4) is 17.6 Å². The van der Waals surface area contributed by atoms with E-state index in [1.165, 1.54) is 0 Å². The second-order valence-corrected chi connectivity index (χ2v) is 5.46. The van der Waals surface area contributed by atoms with Gasteiger partial charge in [0, 0.05) is 26.2 Å². The minimum Gasteiger partial charge on any atom is -0.493 e. The average molecular weight is 310 g/mol. The van der Waals surface area contributed by atoms with Crippen LogP contribution in [-0.4, -0.2) is 27.8 Å². The Balaban J connectivity index is 2.00. The van der Waals surface area contributed by atoms with E-state index in [9.17, 15) is 5.26 Å². The highest BCUT2D eigenvalue weighted by Gasteiger charge is 2.12. The molecule has 2 rings (SSSR count). The van der Waals surface area contributed by atoms with Gasteiger partial charge >= 0.3 is 0 Å². The number of methoxy groups -OCH3 is 1. The van der Waals surface area contributed by atoms with E-state index in [1.54, 1.807) is 7.11 Å². The Labute approximate surface area is 137 Å². The van der Waals surface area contributed by atoms with Crippen molar-refractivity contribution < 1.29 is 9.47 Å². The van der Waals surface area contributed by atoms with Crippen molar-refractivity contribution in [2.24, 2.45) is 0 Å². The number of nitrogens with zero attached hydrogens (tertiary/aromatic N) is 2. The number of hydrogen-bond donors (Lipinski definition) is 0. The van der Waals surface area contributed by atoms with Crippen molar-refractivity contribution >= 4 is 5.69 Å². The zero-order valence-electron chi connectivity index (χ0n) is 13.8. The lowest BCUT2D eigenvalue weighted by Crippen LogP contribution is -2.10. The molecule has 0 amide bonds. The summed E-state index contributed by atoms with van der Waals surface area (Å²) in [6.07, 6.45) is 0.630. The van der Waals surface area contributed by atoms with Crippen LogP contribution in [0.3, 0.4) is 0 Å². The Bertz CT molecular complexity index is 677. The fourth-order valence-corrected chi connectivity index (χ4v) is 2.35. The number of anilines is 1. The third-order valence-corrected chi connectivity index (χ3v) is 3.68. The van der Waals surface area contributed by atoms with Gasteiger partial charge < -0.3 is 14.4 Å². The van der Waals surface area contributed by atoms with Crippen LogP contribution < -0.4 is 14.4 Å². The van der Waals surface area contributed by atoms with Gasteiger partial charge in [-0.1, -0.05) is 24.3 Å². The molecule has 0 N–H and O–H groups in total. The van der Waals surface area contributed by atoms with Gasteiger partial charge in [-0.05, 0) is 29.8 Å². The van der Waals surface area contributed by atoms with E-state index in [0.29, 0.717) is 24.5 Å². The van der Waals surface area contributed by atoms with E-state index >= 15 is 0 Å². The molecule has 120 valence electrons. The zero-order valence-corrected chi connectivity index (χ0v) is 13.8. The van der Waals surface area contributed by atoms with Gasteiger partial charge in [-0.15, -0.1) is 0 Å². The summed E-state index contributed by atoms with van der Waals surface area (Å²) in [6.45, 7) is 0.463. The van der Waals surface area contributed by atoms with Crippen LogP contribution >= 0.6 is 0 Å². The molecule has 0 aliphatic heterocycles. The van der Waals surface area contributed by atoms with Crippen LogP contribution in [0.15, 0.2) is 48.5 Å². The molecule has 4 nitrogen and oxygen atoms in total. The molecule has 0 aliphatic carbocycles. The maximum Gasteiger partial charge on any atom is 0.161 e. The smallest absolute Gasteiger partial charge is 0.161 e. The summed E-state index contributed by atoms with van der Waals surface area (Å²) in [5.74, 6) is 1.22. The highest BCUT2D eigenvalue weighted by atomic mass is 16.5. The maximum absolute atomic E-state index is 9.46. The number of ether oxygens (including phenoxy) is 2. The summed E-state index contributed by atoms with van der Waals surface area (Å²) in [6, 6.07) is 18.0. The standard InChI is InChI=1S/C19H22N2O2/c1-21(2)17-8-6-7-15(13-17)16(14-20)11-12-23-19-10-5-4-9-18(19)22-3/h4-10,13,16H,11-12H2,1-3H3. The Morgan fingerprint density at radius 3 is 2.48 bits per heavy atom. The minimum absolute atomic E-state index is 0.190. The molecule has 0 saturated carbocycles. The summed E-state index contributed by atoms with van der Waals surface area (Å²) in [4.78, 5) is 2.03. The quantitative estimate of drug-likeness (QED) is 0.779. The predicted molar refractivity (Wildman–Crippen MR) is 92.2 cm³/mol. The minimum atomic E-state index is -0.190. The monoisotopic (exact) mass is 310 g/mol. The normalized spacial score (nSPS) is 11.4. The fraction of sp³-hybridized carbons (Fsp3) is 0.316. The molecular weight excluding hydrogens is 288 g/mol. The highest BCUT2D eigenvalue weighted by Crippen LogP contribution is 2.27. The molecule has 0 heterocycles. The fourth-order valence-electron chi connectivity index (χ4n) is 2.35. The van der Waals surface area contributed by atoms with Crippen molar-refractivity contribution in [1.29, 1.82) is 5.26 Å². The number of rotatable bonds is 7. The molecule has 2 aromatic carbocycles. The summed E-state index contributed by atoms with van der Waals surface area (Å²) < 4.78 is 11.0. The van der Waals surface area contributed by atoms with Crippen molar-refractivity contribution in [2.75, 3.05) is 32.7 Å². The van der Waals surface area contributed by atoms with Crippen LogP contribution in [0.4, 0.5) is 5.69 Å². The van der Waals surface area contributed by atoms with Gasteiger partial charge in [0.25, 0.3) is 0 Å². The largest absolute Gasteiger partial charge is 0.493 e. The first kappa shape index (κ1) is 16.7. The lowest BCUT2D eigenvalue weighted by atomic mass is 9.97. The SMILES string of the molecule is COc1ccccc1OCCC(C#N)c1cccc(N(C)C)c1. The topological polar surface area (TPSA) is 45.5 Å². The van der Waals surface area contributed by atoms with Crippen LogP contribution in [0.2, 0.25) is 0 Å². The van der Waals surface area contributed by atoms with Crippen LogP contribution in [0.5, 0.6) is 11.5 Å². The Morgan fingerprint density at radius 2 is 1.83 bits per heavy atom. The van der Waals surface area contributed by atoms with E-state index < -0.39 is 0 Å². The summed E-state index contributed by atoms with van der Waals surface area (Å²) >= 11 is 0. The number of hydrogen-bond acceptors (Lipinski definition) is 4. The van der Waals surface area contributed by atoms with Crippen LogP contribution in [0, 0.1) is 11.3 Å². The second kappa shape index (κ2) is 8.09. The van der Waals surface area contributed by atoms with Gasteiger partial charge in [-0.2, -0.15) is 5.26 Å². The molecular formula is C19H22N2O2. The van der Waals surface area contributed by atoms with Crippen LogP contribution in [-0.2, 0) is 0 Å². The lowest BCUT2D eigenvalue weighted by molar-refractivity contribution is 0.285. The van der Waals surface area contributed by atoms with E-state index in [-0.39, 0.29) is 5.92 Å². The molecule has 4 heteroatoms. The highest BCUT2D eigenvalue weighted by molar-refractivity contribution is 5.48. The molecule has 0 spiro atoms. The van der Waals surface area contributed by atoms with Gasteiger partial charge in [0.1, 0.15) is 0 Å². The van der Waals surface area contributed by atoms with Crippen molar-refractivity contribution in [3.05, 3.63) is 54.1 Å². The predicted octanol–water partition coefficient (Wildman–Crippen LogP) is 3.84. The van der Waals surface area contributed by atoms with Gasteiger partial charge in [0.15, 0.2) is 11.5 Å². The molecule has 0 bridgehead atoms. The Kier molecular flexibility index (Phi) is 5.87. The number of nitriles is 1. The molecule has 23 heavy (non-hydrogen) atoms. The third-order valence-electron chi connectivity index (χ3n) is 3.68. The summed E-state index contributed by atoms with van der Waals surface area (Å²) in [5.41, 5.74) is 2.11. The molecule has 0 aromatic heterocycles. The van der Waals surface area contributed by atoms with E-state index in [2.05, 4.69) is 12.1 Å². The average Bonchev–Trinajstić information content (AvgIpc) is 2.59. The van der Waals surface area contributed by atoms with Crippen LogP contribution in [0.25, 0.3) is 0 Å². The van der Waals surface area contributed by atoms with Gasteiger partial charge in [-0.25, -0.2) is 0 Å². The lowest BCUT2D eigenvalue weighted by Gasteiger charge is -2.16. The zero-order chi connectivity index (χ0) is 16.7. The third kappa shape index (κ3) is 4.40.